The van der Waals surface area contributed by atoms with Crippen molar-refractivity contribution in [1.82, 2.24) is 25.5 Å². The van der Waals surface area contributed by atoms with E-state index in [0.717, 1.165) is 42.1 Å². The quantitative estimate of drug-likeness (QED) is 0.288. The molecular weight excluding hydrogens is 474 g/mol. The van der Waals surface area contributed by atoms with Gasteiger partial charge in [-0.15, -0.1) is 0 Å². The Bertz CT molecular complexity index is 1350. The third-order valence-electron chi connectivity index (χ3n) is 6.81. The second-order valence-electron chi connectivity index (χ2n) is 9.34. The molecule has 2 aromatic heterocycles. The van der Waals surface area contributed by atoms with Gasteiger partial charge in [0.25, 0.3) is 11.8 Å². The molecule has 0 radical (unpaired) electrons. The number of piperidine rings is 1. The lowest BCUT2D eigenvalue weighted by Gasteiger charge is -2.29. The summed E-state index contributed by atoms with van der Waals surface area (Å²) in [5.41, 5.74) is 2.72. The van der Waals surface area contributed by atoms with E-state index in [4.69, 9.17) is 4.74 Å². The molecule has 2 aliphatic heterocycles. The molecule has 0 spiro atoms. The monoisotopic (exact) mass is 503 g/mol. The van der Waals surface area contributed by atoms with Gasteiger partial charge in [-0.1, -0.05) is 12.8 Å². The van der Waals surface area contributed by atoms with Crippen LogP contribution < -0.4 is 15.4 Å². The summed E-state index contributed by atoms with van der Waals surface area (Å²) in [7, 11) is 0. The zero-order valence-corrected chi connectivity index (χ0v) is 20.4. The van der Waals surface area contributed by atoms with Gasteiger partial charge in [0.1, 0.15) is 17.5 Å². The average molecular weight is 504 g/mol. The third kappa shape index (κ3) is 5.32. The smallest absolute Gasteiger partial charge is 0.270 e. The lowest BCUT2D eigenvalue weighted by atomic mass is 10.0. The number of nitrogens with one attached hydrogen (secondary N) is 3. The Morgan fingerprint density at radius 2 is 1.97 bits per heavy atom. The van der Waals surface area contributed by atoms with Crippen LogP contribution in [0.1, 0.15) is 64.9 Å². The van der Waals surface area contributed by atoms with Gasteiger partial charge in [-0.25, -0.2) is 0 Å². The summed E-state index contributed by atoms with van der Waals surface area (Å²) in [6.45, 7) is 1.47. The summed E-state index contributed by atoms with van der Waals surface area (Å²) in [6.07, 6.45) is 7.67. The summed E-state index contributed by atoms with van der Waals surface area (Å²) >= 11 is 0. The van der Waals surface area contributed by atoms with E-state index in [1.165, 1.54) is 4.90 Å². The van der Waals surface area contributed by atoms with Crippen molar-refractivity contribution in [2.24, 2.45) is 0 Å². The van der Waals surface area contributed by atoms with Gasteiger partial charge in [0.05, 0.1) is 6.61 Å². The number of imide groups is 1. The Morgan fingerprint density at radius 1 is 1.11 bits per heavy atom. The highest BCUT2D eigenvalue weighted by Crippen LogP contribution is 2.30. The van der Waals surface area contributed by atoms with Crippen molar-refractivity contribution in [1.29, 1.82) is 0 Å². The van der Waals surface area contributed by atoms with E-state index >= 15 is 0 Å². The Balaban J connectivity index is 1.01. The fourth-order valence-corrected chi connectivity index (χ4v) is 4.86. The Kier molecular flexibility index (Phi) is 7.16. The molecule has 0 aliphatic carbocycles. The van der Waals surface area contributed by atoms with Crippen LogP contribution in [0.4, 0.5) is 0 Å². The molecule has 2 aliphatic rings. The van der Waals surface area contributed by atoms with Gasteiger partial charge in [-0.3, -0.25) is 29.5 Å². The van der Waals surface area contributed by atoms with E-state index in [0.29, 0.717) is 43.1 Å². The fourth-order valence-electron chi connectivity index (χ4n) is 4.86. The minimum atomic E-state index is -0.620. The van der Waals surface area contributed by atoms with Gasteiger partial charge in [0.15, 0.2) is 0 Å². The number of aromatic amines is 1. The lowest BCUT2D eigenvalue weighted by molar-refractivity contribution is -0.136. The van der Waals surface area contributed by atoms with Gasteiger partial charge in [-0.2, -0.15) is 0 Å². The fraction of sp³-hybridized carbons (Fsp3) is 0.370. The van der Waals surface area contributed by atoms with Gasteiger partial charge in [0, 0.05) is 48.4 Å². The molecular formula is C27H29N5O5. The number of nitrogens with zero attached hydrogens (tertiary/aromatic N) is 2. The van der Waals surface area contributed by atoms with Crippen molar-refractivity contribution in [2.75, 3.05) is 13.2 Å². The van der Waals surface area contributed by atoms with Crippen LogP contribution in [-0.2, 0) is 16.1 Å². The number of carbonyl (C=O) groups is 4. The number of H-pyrrole nitrogens is 1. The molecule has 1 unspecified atom stereocenters. The Labute approximate surface area is 213 Å². The van der Waals surface area contributed by atoms with E-state index in [-0.39, 0.29) is 24.1 Å². The zero-order valence-electron chi connectivity index (χ0n) is 20.4. The number of fused-ring (bicyclic) bond motifs is 2. The maximum Gasteiger partial charge on any atom is 0.270 e. The predicted octanol–water partition coefficient (Wildman–Crippen LogP) is 2.69. The third-order valence-corrected chi connectivity index (χ3v) is 6.81. The Morgan fingerprint density at radius 3 is 2.84 bits per heavy atom. The van der Waals surface area contributed by atoms with E-state index in [9.17, 15) is 19.2 Å². The van der Waals surface area contributed by atoms with Crippen molar-refractivity contribution in [3.05, 3.63) is 59.5 Å². The summed E-state index contributed by atoms with van der Waals surface area (Å²) in [5, 5.41) is 6.07. The van der Waals surface area contributed by atoms with Gasteiger partial charge in [-0.05, 0) is 55.2 Å². The second kappa shape index (κ2) is 10.8. The maximum atomic E-state index is 12.8. The van der Waals surface area contributed by atoms with Gasteiger partial charge in [0.2, 0.25) is 11.8 Å². The molecule has 5 rings (SSSR count). The van der Waals surface area contributed by atoms with Crippen LogP contribution in [0.2, 0.25) is 0 Å². The average Bonchev–Trinajstić information content (AvgIpc) is 3.50. The molecule has 3 N–H and O–H groups in total. The summed E-state index contributed by atoms with van der Waals surface area (Å²) in [6, 6.07) is 8.44. The van der Waals surface area contributed by atoms with Crippen LogP contribution >= 0.6 is 0 Å². The molecule has 192 valence electrons. The standard InChI is InChI=1S/C27H29N5O5/c33-23-8-7-22(25(34)31-23)32-16-17-15-18(5-6-19(17)27(32)36)37-14-4-2-1-3-11-30-26(35)24-20-9-12-28-21(20)10-13-29-24/h5-6,9-10,12-13,15,22,28H,1-4,7-8,11,14,16H2,(H,30,35)(H,31,33,34). The number of unbranched alkanes of at least 4 members (excludes halogenated alkanes) is 3. The van der Waals surface area contributed by atoms with Crippen LogP contribution in [0.3, 0.4) is 0 Å². The topological polar surface area (TPSA) is 133 Å². The molecule has 4 amide bonds. The Hall–Kier alpha value is -4.21. The van der Waals surface area contributed by atoms with E-state index in [2.05, 4.69) is 20.6 Å². The lowest BCUT2D eigenvalue weighted by Crippen LogP contribution is -2.52. The maximum absolute atomic E-state index is 12.8. The highest BCUT2D eigenvalue weighted by molar-refractivity contribution is 6.05. The highest BCUT2D eigenvalue weighted by Gasteiger charge is 2.39. The molecule has 37 heavy (non-hydrogen) atoms. The minimum absolute atomic E-state index is 0.167. The number of aromatic nitrogens is 2. The zero-order chi connectivity index (χ0) is 25.8. The summed E-state index contributed by atoms with van der Waals surface area (Å²) < 4.78 is 5.88. The van der Waals surface area contributed by atoms with E-state index < -0.39 is 11.9 Å². The molecule has 1 aromatic carbocycles. The number of hydrogen-bond donors (Lipinski definition) is 3. The number of hydrogen-bond acceptors (Lipinski definition) is 6. The SMILES string of the molecule is O=C1CCC(N2Cc3cc(OCCCCCCNC(=O)c4nccc5[nH]ccc45)ccc3C2=O)C(=O)N1. The van der Waals surface area contributed by atoms with Gasteiger partial charge >= 0.3 is 0 Å². The number of benzene rings is 1. The van der Waals surface area contributed by atoms with Crippen LogP contribution in [0.25, 0.3) is 10.9 Å². The first-order chi connectivity index (χ1) is 18.0. The summed E-state index contributed by atoms with van der Waals surface area (Å²) in [5.74, 6) is -0.379. The molecule has 1 fully saturated rings. The van der Waals surface area contributed by atoms with Crippen molar-refractivity contribution in [3.8, 4) is 5.75 Å². The van der Waals surface area contributed by atoms with E-state index in [1.54, 1.807) is 24.5 Å². The van der Waals surface area contributed by atoms with Crippen molar-refractivity contribution in [3.63, 3.8) is 0 Å². The second-order valence-corrected chi connectivity index (χ2v) is 9.34. The molecule has 1 saturated heterocycles. The molecule has 3 aromatic rings. The number of ether oxygens (including phenoxy) is 1. The van der Waals surface area contributed by atoms with Crippen LogP contribution in [-0.4, -0.2) is 57.7 Å². The molecule has 1 atom stereocenters. The molecule has 4 heterocycles. The number of rotatable bonds is 10. The first-order valence-corrected chi connectivity index (χ1v) is 12.6. The van der Waals surface area contributed by atoms with Crippen LogP contribution in [0.5, 0.6) is 5.75 Å². The number of amides is 4. The van der Waals surface area contributed by atoms with Crippen molar-refractivity contribution >= 4 is 34.5 Å². The van der Waals surface area contributed by atoms with Crippen molar-refractivity contribution < 1.29 is 23.9 Å². The first-order valence-electron chi connectivity index (χ1n) is 12.6. The summed E-state index contributed by atoms with van der Waals surface area (Å²) in [4.78, 5) is 57.6. The normalized spacial score (nSPS) is 17.1. The number of carbonyl (C=O) groups excluding carboxylic acids is 4. The van der Waals surface area contributed by atoms with Gasteiger partial charge < -0.3 is 19.9 Å². The molecule has 10 nitrogen and oxygen atoms in total. The van der Waals surface area contributed by atoms with Crippen molar-refractivity contribution in [2.45, 2.75) is 51.1 Å². The van der Waals surface area contributed by atoms with E-state index in [1.807, 2.05) is 18.2 Å². The molecule has 10 heteroatoms. The number of pyridine rings is 1. The van der Waals surface area contributed by atoms with Crippen LogP contribution in [0, 0.1) is 0 Å². The molecule has 0 bridgehead atoms. The largest absolute Gasteiger partial charge is 0.494 e. The first kappa shape index (κ1) is 24.5. The molecule has 0 saturated carbocycles. The minimum Gasteiger partial charge on any atom is -0.494 e. The highest BCUT2D eigenvalue weighted by atomic mass is 16.5. The van der Waals surface area contributed by atoms with Crippen LogP contribution in [0.15, 0.2) is 42.7 Å². The predicted molar refractivity (Wildman–Crippen MR) is 135 cm³/mol.